The van der Waals surface area contributed by atoms with Crippen LogP contribution in [0.15, 0.2) is 29.8 Å². The fourth-order valence-electron chi connectivity index (χ4n) is 1.79. The van der Waals surface area contributed by atoms with Crippen molar-refractivity contribution in [1.82, 2.24) is 5.32 Å². The molecule has 1 aliphatic rings. The van der Waals surface area contributed by atoms with E-state index < -0.39 is 0 Å². The zero-order valence-corrected chi connectivity index (χ0v) is 10.2. The standard InChI is InChI=1S/C12H11ClN2.ClH/c13-11-3-1-2-9(6-11)12-4-5-15-8-10(12)7-14;/h1-3,6,15H,4-5,8H2;1H. The molecule has 0 amide bonds. The zero-order chi connectivity index (χ0) is 10.7. The summed E-state index contributed by atoms with van der Waals surface area (Å²) in [7, 11) is 0. The van der Waals surface area contributed by atoms with Crippen LogP contribution in [-0.2, 0) is 0 Å². The summed E-state index contributed by atoms with van der Waals surface area (Å²) in [5.41, 5.74) is 3.02. The molecule has 0 bridgehead atoms. The first-order valence-electron chi connectivity index (χ1n) is 4.90. The molecular weight excluding hydrogens is 243 g/mol. The van der Waals surface area contributed by atoms with Gasteiger partial charge in [-0.05, 0) is 36.2 Å². The van der Waals surface area contributed by atoms with Gasteiger partial charge in [0, 0.05) is 17.1 Å². The van der Waals surface area contributed by atoms with Gasteiger partial charge in [-0.15, -0.1) is 12.4 Å². The van der Waals surface area contributed by atoms with E-state index in [4.69, 9.17) is 16.9 Å². The third-order valence-electron chi connectivity index (χ3n) is 2.53. The van der Waals surface area contributed by atoms with E-state index >= 15 is 0 Å². The molecule has 0 spiro atoms. The summed E-state index contributed by atoms with van der Waals surface area (Å²) in [6.07, 6.45) is 0.892. The van der Waals surface area contributed by atoms with Gasteiger partial charge >= 0.3 is 0 Å². The molecule has 2 rings (SSSR count). The lowest BCUT2D eigenvalue weighted by Crippen LogP contribution is -2.24. The summed E-state index contributed by atoms with van der Waals surface area (Å²) >= 11 is 5.93. The highest BCUT2D eigenvalue weighted by atomic mass is 35.5. The summed E-state index contributed by atoms with van der Waals surface area (Å²) < 4.78 is 0. The van der Waals surface area contributed by atoms with Gasteiger partial charge in [0.25, 0.3) is 0 Å². The minimum Gasteiger partial charge on any atom is -0.312 e. The molecule has 1 aromatic rings. The van der Waals surface area contributed by atoms with Crippen LogP contribution in [0.25, 0.3) is 5.57 Å². The van der Waals surface area contributed by atoms with Crippen molar-refractivity contribution in [1.29, 1.82) is 5.26 Å². The predicted molar refractivity (Wildman–Crippen MR) is 68.7 cm³/mol. The second-order valence-electron chi connectivity index (χ2n) is 3.51. The van der Waals surface area contributed by atoms with Gasteiger partial charge in [0.1, 0.15) is 0 Å². The highest BCUT2D eigenvalue weighted by Crippen LogP contribution is 2.26. The van der Waals surface area contributed by atoms with Crippen LogP contribution in [0.4, 0.5) is 0 Å². The molecular formula is C12H12Cl2N2. The Labute approximate surface area is 106 Å². The first-order chi connectivity index (χ1) is 7.31. The lowest BCUT2D eigenvalue weighted by Gasteiger charge is -2.17. The van der Waals surface area contributed by atoms with E-state index in [1.807, 2.05) is 24.3 Å². The maximum absolute atomic E-state index is 9.01. The Hall–Kier alpha value is -1.01. The fourth-order valence-corrected chi connectivity index (χ4v) is 1.98. The van der Waals surface area contributed by atoms with Crippen LogP contribution in [0.1, 0.15) is 12.0 Å². The Morgan fingerprint density at radius 3 is 2.88 bits per heavy atom. The molecule has 0 aromatic heterocycles. The Morgan fingerprint density at radius 1 is 1.38 bits per heavy atom. The third kappa shape index (κ3) is 2.76. The van der Waals surface area contributed by atoms with Crippen molar-refractivity contribution in [2.75, 3.05) is 13.1 Å². The lowest BCUT2D eigenvalue weighted by molar-refractivity contribution is 0.724. The molecule has 0 aliphatic carbocycles. The van der Waals surface area contributed by atoms with Crippen LogP contribution >= 0.6 is 24.0 Å². The number of rotatable bonds is 1. The summed E-state index contributed by atoms with van der Waals surface area (Å²) in [5, 5.41) is 12.9. The zero-order valence-electron chi connectivity index (χ0n) is 8.66. The van der Waals surface area contributed by atoms with E-state index in [9.17, 15) is 0 Å². The van der Waals surface area contributed by atoms with Crippen LogP contribution in [0.3, 0.4) is 0 Å². The molecule has 4 heteroatoms. The summed E-state index contributed by atoms with van der Waals surface area (Å²) in [6, 6.07) is 9.93. The van der Waals surface area contributed by atoms with Crippen molar-refractivity contribution in [3.63, 3.8) is 0 Å². The molecule has 16 heavy (non-hydrogen) atoms. The van der Waals surface area contributed by atoms with Crippen LogP contribution in [0.2, 0.25) is 5.02 Å². The van der Waals surface area contributed by atoms with Gasteiger partial charge in [0.05, 0.1) is 6.07 Å². The van der Waals surface area contributed by atoms with E-state index in [2.05, 4.69) is 11.4 Å². The van der Waals surface area contributed by atoms with Crippen LogP contribution in [0.5, 0.6) is 0 Å². The minimum absolute atomic E-state index is 0. The second-order valence-corrected chi connectivity index (χ2v) is 3.94. The van der Waals surface area contributed by atoms with E-state index in [0.717, 1.165) is 34.7 Å². The Bertz CT molecular complexity index is 447. The van der Waals surface area contributed by atoms with Gasteiger partial charge in [0.15, 0.2) is 0 Å². The summed E-state index contributed by atoms with van der Waals surface area (Å²) in [4.78, 5) is 0. The Morgan fingerprint density at radius 2 is 2.19 bits per heavy atom. The normalized spacial score (nSPS) is 15.2. The van der Waals surface area contributed by atoms with Crippen molar-refractivity contribution in [2.45, 2.75) is 6.42 Å². The SMILES string of the molecule is Cl.N#CC1=C(c2cccc(Cl)c2)CCNC1. The van der Waals surface area contributed by atoms with Gasteiger partial charge in [0.2, 0.25) is 0 Å². The number of nitrogens with zero attached hydrogens (tertiary/aromatic N) is 1. The molecule has 1 N–H and O–H groups in total. The molecule has 1 heterocycles. The minimum atomic E-state index is 0. The fraction of sp³-hybridized carbons (Fsp3) is 0.250. The molecule has 84 valence electrons. The topological polar surface area (TPSA) is 35.8 Å². The van der Waals surface area contributed by atoms with E-state index in [-0.39, 0.29) is 12.4 Å². The Kier molecular flexibility index (Phi) is 4.82. The number of nitrogens with one attached hydrogen (secondary N) is 1. The average molecular weight is 255 g/mol. The highest BCUT2D eigenvalue weighted by molar-refractivity contribution is 6.30. The van der Waals surface area contributed by atoms with E-state index in [0.29, 0.717) is 6.54 Å². The van der Waals surface area contributed by atoms with E-state index in [1.165, 1.54) is 0 Å². The smallest absolute Gasteiger partial charge is 0.0963 e. The third-order valence-corrected chi connectivity index (χ3v) is 2.76. The number of nitriles is 1. The number of halogens is 2. The van der Waals surface area contributed by atoms with Crippen molar-refractivity contribution in [2.24, 2.45) is 0 Å². The first-order valence-corrected chi connectivity index (χ1v) is 5.28. The average Bonchev–Trinajstić information content (AvgIpc) is 2.29. The number of hydrogen-bond acceptors (Lipinski definition) is 2. The second kappa shape index (κ2) is 5.91. The molecule has 0 unspecified atom stereocenters. The van der Waals surface area contributed by atoms with Crippen molar-refractivity contribution >= 4 is 29.6 Å². The molecule has 0 saturated carbocycles. The molecule has 0 atom stereocenters. The van der Waals surface area contributed by atoms with Gasteiger partial charge in [-0.3, -0.25) is 0 Å². The van der Waals surface area contributed by atoms with Crippen molar-refractivity contribution < 1.29 is 0 Å². The maximum Gasteiger partial charge on any atom is 0.0963 e. The highest BCUT2D eigenvalue weighted by Gasteiger charge is 2.13. The largest absolute Gasteiger partial charge is 0.312 e. The van der Waals surface area contributed by atoms with Gasteiger partial charge in [-0.2, -0.15) is 5.26 Å². The summed E-state index contributed by atoms with van der Waals surface area (Å²) in [5.74, 6) is 0. The van der Waals surface area contributed by atoms with Crippen LogP contribution < -0.4 is 5.32 Å². The number of hydrogen-bond donors (Lipinski definition) is 1. The molecule has 2 nitrogen and oxygen atoms in total. The van der Waals surface area contributed by atoms with Crippen LogP contribution in [0, 0.1) is 11.3 Å². The lowest BCUT2D eigenvalue weighted by atomic mass is 9.95. The maximum atomic E-state index is 9.01. The molecule has 0 radical (unpaired) electrons. The first kappa shape index (κ1) is 13.1. The predicted octanol–water partition coefficient (Wildman–Crippen LogP) is 3.03. The van der Waals surface area contributed by atoms with Gasteiger partial charge in [-0.25, -0.2) is 0 Å². The molecule has 1 aromatic carbocycles. The monoisotopic (exact) mass is 254 g/mol. The van der Waals surface area contributed by atoms with Crippen LogP contribution in [-0.4, -0.2) is 13.1 Å². The Balaban J connectivity index is 0.00000128. The van der Waals surface area contributed by atoms with Crippen molar-refractivity contribution in [3.05, 3.63) is 40.4 Å². The van der Waals surface area contributed by atoms with Gasteiger partial charge in [-0.1, -0.05) is 23.7 Å². The molecule has 0 saturated heterocycles. The number of benzene rings is 1. The molecule has 1 aliphatic heterocycles. The molecule has 0 fully saturated rings. The van der Waals surface area contributed by atoms with Crippen molar-refractivity contribution in [3.8, 4) is 6.07 Å². The quantitative estimate of drug-likeness (QED) is 0.837. The van der Waals surface area contributed by atoms with E-state index in [1.54, 1.807) is 0 Å². The summed E-state index contributed by atoms with van der Waals surface area (Å²) in [6.45, 7) is 1.59. The van der Waals surface area contributed by atoms with Gasteiger partial charge < -0.3 is 5.32 Å².